The maximum absolute atomic E-state index is 12.2. The summed E-state index contributed by atoms with van der Waals surface area (Å²) in [5.74, 6) is 1.30. The highest BCUT2D eigenvalue weighted by molar-refractivity contribution is 7.98. The highest BCUT2D eigenvalue weighted by Gasteiger charge is 2.15. The molecule has 1 heterocycles. The van der Waals surface area contributed by atoms with Gasteiger partial charge in [0.1, 0.15) is 0 Å². The summed E-state index contributed by atoms with van der Waals surface area (Å²) in [7, 11) is 0. The molecule has 0 radical (unpaired) electrons. The molecule has 0 bridgehead atoms. The number of nitrogens with one attached hydrogen (secondary N) is 1. The van der Waals surface area contributed by atoms with E-state index in [9.17, 15) is 14.9 Å². The quantitative estimate of drug-likeness (QED) is 0.295. The predicted octanol–water partition coefficient (Wildman–Crippen LogP) is 4.69. The van der Waals surface area contributed by atoms with Crippen molar-refractivity contribution in [2.45, 2.75) is 50.7 Å². The van der Waals surface area contributed by atoms with E-state index in [1.165, 1.54) is 12.1 Å². The van der Waals surface area contributed by atoms with Crippen LogP contribution >= 0.6 is 11.8 Å². The third-order valence-electron chi connectivity index (χ3n) is 4.94. The summed E-state index contributed by atoms with van der Waals surface area (Å²) >= 11 is 1.56. The molecule has 2 aromatic carbocycles. The van der Waals surface area contributed by atoms with Crippen molar-refractivity contribution < 1.29 is 9.72 Å². The number of thioether (sulfide) groups is 1. The number of carbonyl (C=O) groups excluding carboxylic acids is 1. The van der Waals surface area contributed by atoms with Gasteiger partial charge in [-0.15, -0.1) is 10.2 Å². The van der Waals surface area contributed by atoms with Crippen molar-refractivity contribution in [1.29, 1.82) is 0 Å². The molecule has 0 aliphatic heterocycles. The van der Waals surface area contributed by atoms with Gasteiger partial charge in [-0.3, -0.25) is 14.9 Å². The number of nitro groups is 1. The van der Waals surface area contributed by atoms with Crippen LogP contribution in [0.3, 0.4) is 0 Å². The average molecular weight is 440 g/mol. The van der Waals surface area contributed by atoms with Gasteiger partial charge in [0.05, 0.1) is 4.92 Å². The molecule has 1 atom stereocenters. The van der Waals surface area contributed by atoms with Crippen LogP contribution in [0.5, 0.6) is 0 Å². The average Bonchev–Trinajstić information content (AvgIpc) is 3.20. The topological polar surface area (TPSA) is 103 Å². The highest BCUT2D eigenvalue weighted by atomic mass is 32.2. The minimum atomic E-state index is -0.422. The molecule has 9 heteroatoms. The number of hydrogen-bond donors (Lipinski definition) is 1. The summed E-state index contributed by atoms with van der Waals surface area (Å²) < 4.78 is 1.99. The van der Waals surface area contributed by atoms with Gasteiger partial charge in [0, 0.05) is 41.6 Å². The molecule has 0 fully saturated rings. The molecule has 3 aromatic rings. The normalized spacial score (nSPS) is 11.8. The van der Waals surface area contributed by atoms with E-state index in [4.69, 9.17) is 0 Å². The van der Waals surface area contributed by atoms with E-state index in [1.54, 1.807) is 23.9 Å². The summed E-state index contributed by atoms with van der Waals surface area (Å²) in [4.78, 5) is 22.6. The first-order valence-electron chi connectivity index (χ1n) is 10.1. The lowest BCUT2D eigenvalue weighted by Gasteiger charge is -2.11. The van der Waals surface area contributed by atoms with Crippen molar-refractivity contribution in [2.75, 3.05) is 0 Å². The third-order valence-corrected chi connectivity index (χ3v) is 5.98. The zero-order valence-electron chi connectivity index (χ0n) is 17.7. The first-order chi connectivity index (χ1) is 14.9. The number of benzene rings is 2. The monoisotopic (exact) mass is 439 g/mol. The first-order valence-corrected chi connectivity index (χ1v) is 11.1. The number of amides is 1. The van der Waals surface area contributed by atoms with E-state index in [-0.39, 0.29) is 17.6 Å². The Hall–Kier alpha value is -3.20. The van der Waals surface area contributed by atoms with Gasteiger partial charge < -0.3 is 9.88 Å². The molecule has 162 valence electrons. The molecule has 1 aromatic heterocycles. The van der Waals surface area contributed by atoms with Crippen LogP contribution < -0.4 is 5.32 Å². The van der Waals surface area contributed by atoms with Crippen LogP contribution in [0.2, 0.25) is 0 Å². The number of hydrogen-bond acceptors (Lipinski definition) is 6. The second-order valence-electron chi connectivity index (χ2n) is 7.12. The molecular weight excluding hydrogens is 414 g/mol. The second-order valence-corrected chi connectivity index (χ2v) is 8.07. The number of nitrogens with zero attached hydrogens (tertiary/aromatic N) is 4. The van der Waals surface area contributed by atoms with E-state index in [0.717, 1.165) is 22.7 Å². The third kappa shape index (κ3) is 5.49. The highest BCUT2D eigenvalue weighted by Crippen LogP contribution is 2.27. The minimum Gasteiger partial charge on any atom is -0.350 e. The Labute approximate surface area is 185 Å². The molecule has 31 heavy (non-hydrogen) atoms. The van der Waals surface area contributed by atoms with Crippen LogP contribution in [0.15, 0.2) is 53.7 Å². The Morgan fingerprint density at radius 1 is 1.13 bits per heavy atom. The van der Waals surface area contributed by atoms with Crippen LogP contribution in [0, 0.1) is 10.1 Å². The van der Waals surface area contributed by atoms with Crippen LogP contribution in [-0.4, -0.2) is 31.6 Å². The number of nitro benzene ring substituents is 1. The number of rotatable bonds is 9. The van der Waals surface area contributed by atoms with Crippen molar-refractivity contribution in [3.63, 3.8) is 0 Å². The molecule has 1 N–H and O–H groups in total. The fourth-order valence-corrected chi connectivity index (χ4v) is 3.89. The van der Waals surface area contributed by atoms with Gasteiger partial charge in [-0.2, -0.15) is 0 Å². The van der Waals surface area contributed by atoms with Gasteiger partial charge in [0.2, 0.25) is 0 Å². The maximum Gasteiger partial charge on any atom is 0.269 e. The molecule has 0 aliphatic rings. The molecule has 0 spiro atoms. The maximum atomic E-state index is 12.2. The zero-order chi connectivity index (χ0) is 22.4. The Kier molecular flexibility index (Phi) is 7.41. The van der Waals surface area contributed by atoms with Crippen LogP contribution in [0.4, 0.5) is 5.69 Å². The van der Waals surface area contributed by atoms with E-state index < -0.39 is 4.92 Å². The summed E-state index contributed by atoms with van der Waals surface area (Å²) in [6, 6.07) is 14.0. The fourth-order valence-electron chi connectivity index (χ4n) is 2.94. The molecule has 0 aliphatic carbocycles. The molecule has 0 saturated heterocycles. The zero-order valence-corrected chi connectivity index (χ0v) is 18.6. The largest absolute Gasteiger partial charge is 0.350 e. The summed E-state index contributed by atoms with van der Waals surface area (Å²) in [5, 5.41) is 23.2. The number of non-ortho nitro benzene ring substituents is 1. The summed E-state index contributed by atoms with van der Waals surface area (Å²) in [5.41, 5.74) is 2.55. The molecule has 0 unspecified atom stereocenters. The second kappa shape index (κ2) is 10.2. The van der Waals surface area contributed by atoms with Crippen molar-refractivity contribution in [3.8, 4) is 11.4 Å². The van der Waals surface area contributed by atoms with Gasteiger partial charge >= 0.3 is 0 Å². The Balaban J connectivity index is 1.68. The Morgan fingerprint density at radius 2 is 1.81 bits per heavy atom. The fraction of sp³-hybridized carbons (Fsp3) is 0.318. The smallest absolute Gasteiger partial charge is 0.269 e. The van der Waals surface area contributed by atoms with Gasteiger partial charge in [0.25, 0.3) is 11.6 Å². The van der Waals surface area contributed by atoms with Crippen molar-refractivity contribution in [2.24, 2.45) is 0 Å². The lowest BCUT2D eigenvalue weighted by atomic mass is 10.1. The minimum absolute atomic E-state index is 0.0437. The standard InChI is InChI=1S/C22H25N5O3S/c1-4-15(3)23-21(28)18-8-6-16(7-9-18)14-31-22-25-24-20(26(22)5-2)17-10-12-19(13-11-17)27(29)30/h6-13,15H,4-5,14H2,1-3H3,(H,23,28)/t15-/m0/s1. The number of aromatic nitrogens is 3. The first kappa shape index (κ1) is 22.5. The molecule has 0 saturated carbocycles. The Bertz CT molecular complexity index is 1050. The summed E-state index contributed by atoms with van der Waals surface area (Å²) in [6.45, 7) is 6.70. The van der Waals surface area contributed by atoms with Crippen molar-refractivity contribution in [1.82, 2.24) is 20.1 Å². The lowest BCUT2D eigenvalue weighted by Crippen LogP contribution is -2.31. The van der Waals surface area contributed by atoms with Crippen molar-refractivity contribution >= 4 is 23.4 Å². The number of carbonyl (C=O) groups is 1. The van der Waals surface area contributed by atoms with Gasteiger partial charge in [0.15, 0.2) is 11.0 Å². The SMILES string of the molecule is CC[C@H](C)NC(=O)c1ccc(CSc2nnc(-c3ccc([N+](=O)[O-])cc3)n2CC)cc1. The van der Waals surface area contributed by atoms with Crippen molar-refractivity contribution in [3.05, 3.63) is 69.8 Å². The molecule has 3 rings (SSSR count). The van der Waals surface area contributed by atoms with Gasteiger partial charge in [-0.25, -0.2) is 0 Å². The lowest BCUT2D eigenvalue weighted by molar-refractivity contribution is -0.384. The van der Waals surface area contributed by atoms with Crippen LogP contribution in [0.25, 0.3) is 11.4 Å². The van der Waals surface area contributed by atoms with E-state index in [2.05, 4.69) is 15.5 Å². The van der Waals surface area contributed by atoms with Crippen LogP contribution in [-0.2, 0) is 12.3 Å². The predicted molar refractivity (Wildman–Crippen MR) is 121 cm³/mol. The van der Waals surface area contributed by atoms with E-state index in [1.807, 2.05) is 49.6 Å². The van der Waals surface area contributed by atoms with E-state index in [0.29, 0.717) is 23.7 Å². The van der Waals surface area contributed by atoms with Gasteiger partial charge in [-0.05, 0) is 50.1 Å². The van der Waals surface area contributed by atoms with E-state index >= 15 is 0 Å². The molecule has 8 nitrogen and oxygen atoms in total. The summed E-state index contributed by atoms with van der Waals surface area (Å²) in [6.07, 6.45) is 0.889. The molecule has 1 amide bonds. The Morgan fingerprint density at radius 3 is 2.39 bits per heavy atom. The van der Waals surface area contributed by atoms with Crippen LogP contribution in [0.1, 0.15) is 43.1 Å². The molecular formula is C22H25N5O3S. The van der Waals surface area contributed by atoms with Gasteiger partial charge in [-0.1, -0.05) is 30.8 Å².